The van der Waals surface area contributed by atoms with Gasteiger partial charge in [0.2, 0.25) is 0 Å². The zero-order chi connectivity index (χ0) is 11.7. The summed E-state index contributed by atoms with van der Waals surface area (Å²) in [6.07, 6.45) is 5.91. The first-order valence-electron chi connectivity index (χ1n) is 6.74. The summed E-state index contributed by atoms with van der Waals surface area (Å²) in [5, 5.41) is 3.59. The lowest BCUT2D eigenvalue weighted by molar-refractivity contribution is 0.348. The average molecular weight is 250 g/mol. The molecular formula is C15H20ClN. The third-order valence-corrected chi connectivity index (χ3v) is 4.84. The molecule has 0 heterocycles. The lowest BCUT2D eigenvalue weighted by atomic mass is 9.89. The second-order valence-corrected chi connectivity index (χ2v) is 5.92. The Labute approximate surface area is 109 Å². The standard InChI is InChI=1S/C15H20ClN/c16-9-12-2-1-3-15(8-12)17-10-14-7-11-4-5-13(14)6-11/h1-3,8,11,13-14,17H,4-7,9-10H2. The van der Waals surface area contributed by atoms with E-state index in [1.807, 2.05) is 0 Å². The van der Waals surface area contributed by atoms with Crippen LogP contribution in [0.15, 0.2) is 24.3 Å². The van der Waals surface area contributed by atoms with Crippen LogP contribution in [-0.2, 0) is 5.88 Å². The normalized spacial score (nSPS) is 30.8. The summed E-state index contributed by atoms with van der Waals surface area (Å²) in [7, 11) is 0. The number of halogens is 1. The zero-order valence-corrected chi connectivity index (χ0v) is 10.9. The van der Waals surface area contributed by atoms with Gasteiger partial charge < -0.3 is 5.32 Å². The highest BCUT2D eigenvalue weighted by Gasteiger charge is 2.38. The summed E-state index contributed by atoms with van der Waals surface area (Å²) in [4.78, 5) is 0. The van der Waals surface area contributed by atoms with Crippen LogP contribution in [0.5, 0.6) is 0 Å². The minimum atomic E-state index is 0.601. The third kappa shape index (κ3) is 2.44. The van der Waals surface area contributed by atoms with Crippen LogP contribution in [0.4, 0.5) is 5.69 Å². The van der Waals surface area contributed by atoms with Crippen LogP contribution in [0.1, 0.15) is 31.2 Å². The summed E-state index contributed by atoms with van der Waals surface area (Å²) in [5.74, 6) is 3.56. The molecule has 3 unspecified atom stereocenters. The van der Waals surface area contributed by atoms with Gasteiger partial charge in [0.15, 0.2) is 0 Å². The van der Waals surface area contributed by atoms with E-state index in [0.717, 1.165) is 24.3 Å². The molecule has 1 N–H and O–H groups in total. The highest BCUT2D eigenvalue weighted by atomic mass is 35.5. The molecule has 2 saturated carbocycles. The quantitative estimate of drug-likeness (QED) is 0.786. The number of fused-ring (bicyclic) bond motifs is 2. The highest BCUT2D eigenvalue weighted by Crippen LogP contribution is 2.48. The minimum absolute atomic E-state index is 0.601. The zero-order valence-electron chi connectivity index (χ0n) is 10.2. The Hall–Kier alpha value is -0.690. The van der Waals surface area contributed by atoms with E-state index in [9.17, 15) is 0 Å². The van der Waals surface area contributed by atoms with Crippen LogP contribution in [0.2, 0.25) is 0 Å². The van der Waals surface area contributed by atoms with Crippen LogP contribution in [0, 0.1) is 17.8 Å². The molecule has 0 spiro atoms. The molecule has 3 atom stereocenters. The molecule has 2 bridgehead atoms. The average Bonchev–Trinajstić information content (AvgIpc) is 2.99. The smallest absolute Gasteiger partial charge is 0.0474 e. The fourth-order valence-electron chi connectivity index (χ4n) is 3.64. The van der Waals surface area contributed by atoms with Gasteiger partial charge in [0.25, 0.3) is 0 Å². The maximum atomic E-state index is 5.85. The van der Waals surface area contributed by atoms with Gasteiger partial charge in [-0.15, -0.1) is 11.6 Å². The van der Waals surface area contributed by atoms with Gasteiger partial charge in [-0.25, -0.2) is 0 Å². The molecule has 2 fully saturated rings. The minimum Gasteiger partial charge on any atom is -0.385 e. The summed E-state index contributed by atoms with van der Waals surface area (Å²) in [6.45, 7) is 1.15. The predicted molar refractivity (Wildman–Crippen MR) is 73.4 cm³/mol. The van der Waals surface area contributed by atoms with Gasteiger partial charge in [-0.1, -0.05) is 18.6 Å². The molecule has 2 aliphatic rings. The Bertz CT molecular complexity index is 390. The Kier molecular flexibility index (Phi) is 3.28. The van der Waals surface area contributed by atoms with E-state index in [2.05, 4.69) is 29.6 Å². The topological polar surface area (TPSA) is 12.0 Å². The van der Waals surface area contributed by atoms with Crippen molar-refractivity contribution in [2.24, 2.45) is 17.8 Å². The first kappa shape index (κ1) is 11.4. The monoisotopic (exact) mass is 249 g/mol. The van der Waals surface area contributed by atoms with Gasteiger partial charge in [0, 0.05) is 18.1 Å². The van der Waals surface area contributed by atoms with E-state index in [0.29, 0.717) is 5.88 Å². The summed E-state index contributed by atoms with van der Waals surface area (Å²) in [5.41, 5.74) is 2.43. The molecule has 1 nitrogen and oxygen atoms in total. The molecule has 0 saturated heterocycles. The van der Waals surface area contributed by atoms with Crippen LogP contribution in [0.3, 0.4) is 0 Å². The lowest BCUT2D eigenvalue weighted by Gasteiger charge is -2.22. The van der Waals surface area contributed by atoms with Crippen LogP contribution < -0.4 is 5.32 Å². The van der Waals surface area contributed by atoms with Crippen molar-refractivity contribution >= 4 is 17.3 Å². The van der Waals surface area contributed by atoms with E-state index in [-0.39, 0.29) is 0 Å². The van der Waals surface area contributed by atoms with Gasteiger partial charge in [0.05, 0.1) is 0 Å². The van der Waals surface area contributed by atoms with E-state index in [4.69, 9.17) is 11.6 Å². The number of nitrogens with one attached hydrogen (secondary N) is 1. The Morgan fingerprint density at radius 1 is 1.24 bits per heavy atom. The first-order chi connectivity index (χ1) is 8.35. The molecule has 1 aromatic carbocycles. The largest absolute Gasteiger partial charge is 0.385 e. The van der Waals surface area contributed by atoms with Crippen molar-refractivity contribution in [1.82, 2.24) is 0 Å². The summed E-state index contributed by atoms with van der Waals surface area (Å²) >= 11 is 5.85. The molecule has 0 radical (unpaired) electrons. The predicted octanol–water partition coefficient (Wildman–Crippen LogP) is 4.27. The molecule has 2 aliphatic carbocycles. The first-order valence-corrected chi connectivity index (χ1v) is 7.27. The Morgan fingerprint density at radius 2 is 2.18 bits per heavy atom. The Morgan fingerprint density at radius 3 is 2.88 bits per heavy atom. The SMILES string of the molecule is ClCc1cccc(NCC2CC3CCC2C3)c1. The van der Waals surface area contributed by atoms with Gasteiger partial charge in [-0.05, 0) is 54.7 Å². The van der Waals surface area contributed by atoms with Gasteiger partial charge in [0.1, 0.15) is 0 Å². The van der Waals surface area contributed by atoms with Crippen molar-refractivity contribution < 1.29 is 0 Å². The van der Waals surface area contributed by atoms with E-state index >= 15 is 0 Å². The van der Waals surface area contributed by atoms with Crippen LogP contribution >= 0.6 is 11.6 Å². The molecule has 0 aromatic heterocycles. The van der Waals surface area contributed by atoms with Crippen LogP contribution in [-0.4, -0.2) is 6.54 Å². The second-order valence-electron chi connectivity index (χ2n) is 5.65. The molecule has 3 rings (SSSR count). The molecule has 2 heteroatoms. The number of hydrogen-bond donors (Lipinski definition) is 1. The molecule has 0 amide bonds. The van der Waals surface area contributed by atoms with Crippen molar-refractivity contribution in [2.75, 3.05) is 11.9 Å². The third-order valence-electron chi connectivity index (χ3n) is 4.53. The number of alkyl halides is 1. The van der Waals surface area contributed by atoms with E-state index in [1.165, 1.54) is 36.9 Å². The van der Waals surface area contributed by atoms with Crippen molar-refractivity contribution in [2.45, 2.75) is 31.6 Å². The molecule has 0 aliphatic heterocycles. The maximum absolute atomic E-state index is 5.85. The number of rotatable bonds is 4. The van der Waals surface area contributed by atoms with Crippen molar-refractivity contribution in [1.29, 1.82) is 0 Å². The molecular weight excluding hydrogens is 230 g/mol. The highest BCUT2D eigenvalue weighted by molar-refractivity contribution is 6.17. The number of benzene rings is 1. The molecule has 17 heavy (non-hydrogen) atoms. The molecule has 92 valence electrons. The maximum Gasteiger partial charge on any atom is 0.0474 e. The summed E-state index contributed by atoms with van der Waals surface area (Å²) in [6, 6.07) is 8.47. The fourth-order valence-corrected chi connectivity index (χ4v) is 3.81. The van der Waals surface area contributed by atoms with Gasteiger partial charge >= 0.3 is 0 Å². The van der Waals surface area contributed by atoms with Crippen LogP contribution in [0.25, 0.3) is 0 Å². The van der Waals surface area contributed by atoms with Crippen molar-refractivity contribution in [3.63, 3.8) is 0 Å². The van der Waals surface area contributed by atoms with Gasteiger partial charge in [-0.2, -0.15) is 0 Å². The van der Waals surface area contributed by atoms with Crippen molar-refractivity contribution in [3.05, 3.63) is 29.8 Å². The number of hydrogen-bond acceptors (Lipinski definition) is 1. The molecule has 1 aromatic rings. The van der Waals surface area contributed by atoms with E-state index in [1.54, 1.807) is 0 Å². The number of anilines is 1. The van der Waals surface area contributed by atoms with Gasteiger partial charge in [-0.3, -0.25) is 0 Å². The Balaban J connectivity index is 1.56. The summed E-state index contributed by atoms with van der Waals surface area (Å²) < 4.78 is 0. The lowest BCUT2D eigenvalue weighted by Crippen LogP contribution is -2.20. The van der Waals surface area contributed by atoms with Crippen molar-refractivity contribution in [3.8, 4) is 0 Å². The van der Waals surface area contributed by atoms with E-state index < -0.39 is 0 Å². The fraction of sp³-hybridized carbons (Fsp3) is 0.600. The second kappa shape index (κ2) is 4.89.